The number of methoxy groups -OCH3 is 2. The molecule has 0 aliphatic carbocycles. The molecule has 0 radical (unpaired) electrons. The van der Waals surface area contributed by atoms with E-state index in [0.717, 1.165) is 13.1 Å². The molecule has 1 aliphatic rings. The predicted molar refractivity (Wildman–Crippen MR) is 104 cm³/mol. The van der Waals surface area contributed by atoms with E-state index in [-0.39, 0.29) is 24.2 Å². The van der Waals surface area contributed by atoms with Crippen molar-refractivity contribution in [2.24, 2.45) is 11.3 Å². The molecule has 7 nitrogen and oxygen atoms in total. The summed E-state index contributed by atoms with van der Waals surface area (Å²) in [5, 5.41) is 8.91. The summed E-state index contributed by atoms with van der Waals surface area (Å²) in [5.74, 6) is 0.893. The lowest BCUT2D eigenvalue weighted by Gasteiger charge is -2.27. The van der Waals surface area contributed by atoms with Gasteiger partial charge in [0.25, 0.3) is 5.91 Å². The van der Waals surface area contributed by atoms with E-state index < -0.39 is 5.41 Å². The van der Waals surface area contributed by atoms with Gasteiger partial charge in [-0.1, -0.05) is 20.8 Å². The zero-order valence-corrected chi connectivity index (χ0v) is 16.7. The summed E-state index contributed by atoms with van der Waals surface area (Å²) in [5.41, 5.74) is 0.169. The van der Waals surface area contributed by atoms with Crippen LogP contribution < -0.4 is 25.4 Å². The molecule has 2 rings (SSSR count). The summed E-state index contributed by atoms with van der Waals surface area (Å²) in [6, 6.07) is 3.20. The minimum Gasteiger partial charge on any atom is -0.493 e. The van der Waals surface area contributed by atoms with E-state index in [2.05, 4.69) is 16.0 Å². The van der Waals surface area contributed by atoms with Gasteiger partial charge >= 0.3 is 0 Å². The van der Waals surface area contributed by atoms with E-state index in [0.29, 0.717) is 35.2 Å². The van der Waals surface area contributed by atoms with Crippen LogP contribution in [0, 0.1) is 11.3 Å². The first-order valence-electron chi connectivity index (χ1n) is 8.32. The van der Waals surface area contributed by atoms with Crippen LogP contribution in [0.1, 0.15) is 31.1 Å². The Labute approximate surface area is 160 Å². The van der Waals surface area contributed by atoms with Crippen molar-refractivity contribution in [2.45, 2.75) is 20.8 Å². The molecule has 0 unspecified atom stereocenters. The predicted octanol–water partition coefficient (Wildman–Crippen LogP) is 2.06. The molecular formula is C18H28ClN3O4. The second kappa shape index (κ2) is 9.09. The number of anilines is 1. The van der Waals surface area contributed by atoms with Gasteiger partial charge in [0.2, 0.25) is 5.91 Å². The zero-order chi connectivity index (χ0) is 18.6. The summed E-state index contributed by atoms with van der Waals surface area (Å²) >= 11 is 0. The molecule has 0 spiro atoms. The van der Waals surface area contributed by atoms with Gasteiger partial charge in [-0.25, -0.2) is 0 Å². The first-order valence-corrected chi connectivity index (χ1v) is 8.32. The van der Waals surface area contributed by atoms with Crippen LogP contribution in [-0.2, 0) is 4.79 Å². The molecule has 8 heteroatoms. The van der Waals surface area contributed by atoms with Crippen LogP contribution >= 0.6 is 12.4 Å². The van der Waals surface area contributed by atoms with E-state index in [1.165, 1.54) is 14.2 Å². The molecule has 0 atom stereocenters. The highest BCUT2D eigenvalue weighted by molar-refractivity contribution is 6.05. The number of nitrogens with one attached hydrogen (secondary N) is 3. The second-order valence-corrected chi connectivity index (χ2v) is 7.19. The average Bonchev–Trinajstić information content (AvgIpc) is 2.51. The van der Waals surface area contributed by atoms with Gasteiger partial charge < -0.3 is 25.4 Å². The average molecular weight is 386 g/mol. The van der Waals surface area contributed by atoms with E-state index in [1.807, 2.05) is 20.8 Å². The molecule has 26 heavy (non-hydrogen) atoms. The maximum Gasteiger partial charge on any atom is 0.253 e. The Hall–Kier alpha value is -1.99. The molecule has 2 amide bonds. The molecule has 146 valence electrons. The first-order chi connectivity index (χ1) is 11.8. The minimum absolute atomic E-state index is 0. The first kappa shape index (κ1) is 22.1. The van der Waals surface area contributed by atoms with Crippen molar-refractivity contribution in [3.63, 3.8) is 0 Å². The van der Waals surface area contributed by atoms with Crippen LogP contribution in [0.25, 0.3) is 0 Å². The van der Waals surface area contributed by atoms with Crippen molar-refractivity contribution < 1.29 is 19.1 Å². The molecule has 0 saturated carbocycles. The topological polar surface area (TPSA) is 88.7 Å². The number of amides is 2. The van der Waals surface area contributed by atoms with Gasteiger partial charge in [-0.3, -0.25) is 9.59 Å². The van der Waals surface area contributed by atoms with Crippen molar-refractivity contribution in [1.82, 2.24) is 10.6 Å². The van der Waals surface area contributed by atoms with Gasteiger partial charge in [0.05, 0.1) is 25.5 Å². The zero-order valence-electron chi connectivity index (χ0n) is 15.9. The molecule has 3 N–H and O–H groups in total. The molecule has 1 saturated heterocycles. The standard InChI is InChI=1S/C18H27N3O4.ClH/c1-18(2,3)17(23)21-13-7-15(25-5)14(24-4)6-12(13)16(22)20-10-11-8-19-9-11;/h6-7,11,19H,8-10H2,1-5H3,(H,20,22)(H,21,23);1H. The number of carbonyl (C=O) groups excluding carboxylic acids is 2. The third kappa shape index (κ3) is 5.25. The highest BCUT2D eigenvalue weighted by atomic mass is 35.5. The summed E-state index contributed by atoms with van der Waals surface area (Å²) in [6.07, 6.45) is 0. The number of hydrogen-bond donors (Lipinski definition) is 3. The van der Waals surface area contributed by atoms with Crippen LogP contribution in [0.3, 0.4) is 0 Å². The van der Waals surface area contributed by atoms with Crippen molar-refractivity contribution in [3.05, 3.63) is 17.7 Å². The van der Waals surface area contributed by atoms with Crippen LogP contribution in [0.4, 0.5) is 5.69 Å². The third-order valence-electron chi connectivity index (χ3n) is 4.12. The Bertz CT molecular complexity index is 655. The molecule has 0 aromatic heterocycles. The normalized spacial score (nSPS) is 13.9. The molecule has 0 bridgehead atoms. The number of carbonyl (C=O) groups is 2. The summed E-state index contributed by atoms with van der Waals surface area (Å²) < 4.78 is 10.6. The maximum atomic E-state index is 12.6. The van der Waals surface area contributed by atoms with Gasteiger partial charge in [-0.15, -0.1) is 12.4 Å². The molecule has 1 aromatic rings. The molecule has 1 fully saturated rings. The van der Waals surface area contributed by atoms with Gasteiger partial charge in [0.15, 0.2) is 11.5 Å². The fraction of sp³-hybridized carbons (Fsp3) is 0.556. The summed E-state index contributed by atoms with van der Waals surface area (Å²) in [6.45, 7) is 7.83. The van der Waals surface area contributed by atoms with Crippen molar-refractivity contribution in [2.75, 3.05) is 39.2 Å². The SMILES string of the molecule is COc1cc(NC(=O)C(C)(C)C)c(C(=O)NCC2CNC2)cc1OC.Cl. The molecule has 1 heterocycles. The van der Waals surface area contributed by atoms with Crippen LogP contribution in [0.5, 0.6) is 11.5 Å². The fourth-order valence-corrected chi connectivity index (χ4v) is 2.31. The fourth-order valence-electron chi connectivity index (χ4n) is 2.31. The quantitative estimate of drug-likeness (QED) is 0.697. The van der Waals surface area contributed by atoms with E-state index in [9.17, 15) is 9.59 Å². The van der Waals surface area contributed by atoms with Crippen LogP contribution in [0.2, 0.25) is 0 Å². The summed E-state index contributed by atoms with van der Waals surface area (Å²) in [4.78, 5) is 25.0. The van der Waals surface area contributed by atoms with E-state index >= 15 is 0 Å². The van der Waals surface area contributed by atoms with Crippen molar-refractivity contribution >= 4 is 29.9 Å². The lowest BCUT2D eigenvalue weighted by molar-refractivity contribution is -0.123. The van der Waals surface area contributed by atoms with Gasteiger partial charge in [0, 0.05) is 37.0 Å². The van der Waals surface area contributed by atoms with Crippen LogP contribution in [-0.4, -0.2) is 45.7 Å². The number of halogens is 1. The Morgan fingerprint density at radius 2 is 1.73 bits per heavy atom. The number of benzene rings is 1. The number of ether oxygens (including phenoxy) is 2. The highest BCUT2D eigenvalue weighted by Gasteiger charge is 2.25. The van der Waals surface area contributed by atoms with Crippen molar-refractivity contribution in [3.8, 4) is 11.5 Å². The van der Waals surface area contributed by atoms with Gasteiger partial charge in [0.1, 0.15) is 0 Å². The van der Waals surface area contributed by atoms with Crippen molar-refractivity contribution in [1.29, 1.82) is 0 Å². The largest absolute Gasteiger partial charge is 0.493 e. The lowest BCUT2D eigenvalue weighted by atomic mass is 9.95. The minimum atomic E-state index is -0.585. The summed E-state index contributed by atoms with van der Waals surface area (Å²) in [7, 11) is 3.02. The lowest BCUT2D eigenvalue weighted by Crippen LogP contribution is -2.48. The monoisotopic (exact) mass is 385 g/mol. The third-order valence-corrected chi connectivity index (χ3v) is 4.12. The van der Waals surface area contributed by atoms with Crippen LogP contribution in [0.15, 0.2) is 12.1 Å². The molecular weight excluding hydrogens is 358 g/mol. The number of hydrogen-bond acceptors (Lipinski definition) is 5. The Balaban J connectivity index is 0.00000338. The second-order valence-electron chi connectivity index (χ2n) is 7.19. The Morgan fingerprint density at radius 3 is 2.19 bits per heavy atom. The smallest absolute Gasteiger partial charge is 0.253 e. The van der Waals surface area contributed by atoms with E-state index in [1.54, 1.807) is 12.1 Å². The molecule has 1 aliphatic heterocycles. The van der Waals surface area contributed by atoms with Gasteiger partial charge in [-0.2, -0.15) is 0 Å². The van der Waals surface area contributed by atoms with Gasteiger partial charge in [-0.05, 0) is 6.07 Å². The molecule has 1 aromatic carbocycles. The highest BCUT2D eigenvalue weighted by Crippen LogP contribution is 2.34. The Morgan fingerprint density at radius 1 is 1.15 bits per heavy atom. The van der Waals surface area contributed by atoms with E-state index in [4.69, 9.17) is 9.47 Å². The number of rotatable bonds is 6. The Kier molecular flexibility index (Phi) is 7.71. The maximum absolute atomic E-state index is 12.6.